The number of fused-ring (bicyclic) bond motifs is 1. The first-order valence-electron chi connectivity index (χ1n) is 12.4. The molecule has 3 heterocycles. The van der Waals surface area contributed by atoms with E-state index in [0.717, 1.165) is 23.4 Å². The highest BCUT2D eigenvalue weighted by molar-refractivity contribution is 5.94. The Kier molecular flexibility index (Phi) is 6.89. The van der Waals surface area contributed by atoms with Crippen molar-refractivity contribution in [2.45, 2.75) is 18.7 Å². The van der Waals surface area contributed by atoms with E-state index in [2.05, 4.69) is 4.90 Å². The number of amides is 1. The standard InChI is InChI=1S/C27H29F3N2O5/c1-2-36-24(33)15-37-26(16-35-17-26)21-5-3-18(4-6-21)25(34)32-13-19-11-31(12-20(19)14-32)23-9-7-22(8-10-23)27(28,29)30/h3-10,19-20H,2,11-17H2,1H3. The number of halogens is 3. The second-order valence-electron chi connectivity index (χ2n) is 9.84. The summed E-state index contributed by atoms with van der Waals surface area (Å²) in [5.41, 5.74) is 0.810. The van der Waals surface area contributed by atoms with Gasteiger partial charge in [0.05, 0.1) is 25.4 Å². The van der Waals surface area contributed by atoms with Crippen LogP contribution in [0.4, 0.5) is 18.9 Å². The van der Waals surface area contributed by atoms with Crippen LogP contribution in [0.5, 0.6) is 0 Å². The topological polar surface area (TPSA) is 68.3 Å². The number of anilines is 1. The van der Waals surface area contributed by atoms with Crippen LogP contribution in [-0.4, -0.2) is 69.4 Å². The first-order chi connectivity index (χ1) is 17.7. The predicted octanol–water partition coefficient (Wildman–Crippen LogP) is 3.72. The van der Waals surface area contributed by atoms with Crippen molar-refractivity contribution < 1.29 is 37.0 Å². The SMILES string of the molecule is CCOC(=O)COC1(c2ccc(C(=O)N3CC4CN(c5ccc(C(F)(F)F)cc5)CC4C3)cc2)COC1. The zero-order valence-electron chi connectivity index (χ0n) is 20.5. The lowest BCUT2D eigenvalue weighted by Gasteiger charge is -2.41. The molecule has 2 aromatic carbocycles. The van der Waals surface area contributed by atoms with Crippen molar-refractivity contribution in [2.75, 3.05) is 57.5 Å². The van der Waals surface area contributed by atoms with E-state index in [0.29, 0.717) is 45.0 Å². The summed E-state index contributed by atoms with van der Waals surface area (Å²) in [5, 5.41) is 0. The Morgan fingerprint density at radius 2 is 1.59 bits per heavy atom. The fourth-order valence-corrected chi connectivity index (χ4v) is 5.35. The van der Waals surface area contributed by atoms with Gasteiger partial charge >= 0.3 is 12.1 Å². The summed E-state index contributed by atoms with van der Waals surface area (Å²) < 4.78 is 54.7. The maximum Gasteiger partial charge on any atom is 0.416 e. The summed E-state index contributed by atoms with van der Waals surface area (Å²) in [4.78, 5) is 28.8. The molecule has 2 atom stereocenters. The van der Waals surface area contributed by atoms with Crippen molar-refractivity contribution >= 4 is 17.6 Å². The zero-order chi connectivity index (χ0) is 26.2. The zero-order valence-corrected chi connectivity index (χ0v) is 20.5. The van der Waals surface area contributed by atoms with Crippen LogP contribution in [0, 0.1) is 11.8 Å². The van der Waals surface area contributed by atoms with Gasteiger partial charge in [-0.2, -0.15) is 13.2 Å². The van der Waals surface area contributed by atoms with E-state index in [1.165, 1.54) is 12.1 Å². The van der Waals surface area contributed by atoms with Gasteiger partial charge in [0.15, 0.2) is 0 Å². The average molecular weight is 519 g/mol. The van der Waals surface area contributed by atoms with Gasteiger partial charge in [-0.25, -0.2) is 4.79 Å². The fourth-order valence-electron chi connectivity index (χ4n) is 5.35. The van der Waals surface area contributed by atoms with Crippen LogP contribution in [0.1, 0.15) is 28.4 Å². The minimum Gasteiger partial charge on any atom is -0.464 e. The molecule has 3 fully saturated rings. The number of carbonyl (C=O) groups excluding carboxylic acids is 2. The molecule has 0 N–H and O–H groups in total. The molecular weight excluding hydrogens is 489 g/mol. The maximum absolute atomic E-state index is 13.2. The largest absolute Gasteiger partial charge is 0.464 e. The number of alkyl halides is 3. The molecule has 0 radical (unpaired) electrons. The average Bonchev–Trinajstić information content (AvgIpc) is 3.43. The summed E-state index contributed by atoms with van der Waals surface area (Å²) in [7, 11) is 0. The number of ether oxygens (including phenoxy) is 3. The molecule has 5 rings (SSSR count). The van der Waals surface area contributed by atoms with E-state index in [1.807, 2.05) is 17.0 Å². The number of benzene rings is 2. The summed E-state index contributed by atoms with van der Waals surface area (Å²) >= 11 is 0. The van der Waals surface area contributed by atoms with E-state index < -0.39 is 23.3 Å². The minimum absolute atomic E-state index is 0.0478. The minimum atomic E-state index is -4.35. The first-order valence-corrected chi connectivity index (χ1v) is 12.4. The fraction of sp³-hybridized carbons (Fsp3) is 0.481. The molecule has 0 aliphatic carbocycles. The Bertz CT molecular complexity index is 1120. The Balaban J connectivity index is 1.17. The van der Waals surface area contributed by atoms with Crippen molar-refractivity contribution in [1.29, 1.82) is 0 Å². The molecule has 0 saturated carbocycles. The highest BCUT2D eigenvalue weighted by Crippen LogP contribution is 2.37. The smallest absolute Gasteiger partial charge is 0.416 e. The molecule has 198 valence electrons. The number of rotatable bonds is 7. The molecule has 3 aliphatic rings. The van der Waals surface area contributed by atoms with Gasteiger partial charge in [-0.15, -0.1) is 0 Å². The third-order valence-electron chi connectivity index (χ3n) is 7.43. The van der Waals surface area contributed by atoms with Crippen molar-refractivity contribution in [3.8, 4) is 0 Å². The number of esters is 1. The van der Waals surface area contributed by atoms with E-state index in [9.17, 15) is 22.8 Å². The van der Waals surface area contributed by atoms with E-state index in [-0.39, 0.29) is 31.0 Å². The lowest BCUT2D eigenvalue weighted by atomic mass is 9.91. The number of hydrogen-bond donors (Lipinski definition) is 0. The van der Waals surface area contributed by atoms with Crippen molar-refractivity contribution in [1.82, 2.24) is 4.90 Å². The van der Waals surface area contributed by atoms with E-state index >= 15 is 0 Å². The van der Waals surface area contributed by atoms with Gasteiger partial charge in [0.2, 0.25) is 0 Å². The van der Waals surface area contributed by atoms with Crippen LogP contribution >= 0.6 is 0 Å². The maximum atomic E-state index is 13.2. The molecule has 1 amide bonds. The molecule has 0 aromatic heterocycles. The normalized spacial score (nSPS) is 22.5. The lowest BCUT2D eigenvalue weighted by molar-refractivity contribution is -0.221. The molecule has 2 aromatic rings. The molecule has 37 heavy (non-hydrogen) atoms. The van der Waals surface area contributed by atoms with Crippen molar-refractivity contribution in [3.63, 3.8) is 0 Å². The summed E-state index contributed by atoms with van der Waals surface area (Å²) in [6, 6.07) is 12.5. The predicted molar refractivity (Wildman–Crippen MR) is 128 cm³/mol. The van der Waals surface area contributed by atoms with Gasteiger partial charge in [0.1, 0.15) is 12.2 Å². The van der Waals surface area contributed by atoms with Gasteiger partial charge < -0.3 is 24.0 Å². The number of hydrogen-bond acceptors (Lipinski definition) is 6. The highest BCUT2D eigenvalue weighted by Gasteiger charge is 2.44. The third kappa shape index (κ3) is 5.17. The molecule has 2 unspecified atom stereocenters. The Morgan fingerprint density at radius 3 is 2.11 bits per heavy atom. The molecular formula is C27H29F3N2O5. The number of nitrogens with zero attached hydrogens (tertiary/aromatic N) is 2. The number of likely N-dealkylation sites (tertiary alicyclic amines) is 1. The van der Waals surface area contributed by atoms with Crippen molar-refractivity contribution in [3.05, 3.63) is 65.2 Å². The second-order valence-corrected chi connectivity index (χ2v) is 9.84. The molecule has 3 saturated heterocycles. The molecule has 10 heteroatoms. The van der Waals surface area contributed by atoms with Crippen LogP contribution in [0.2, 0.25) is 0 Å². The van der Waals surface area contributed by atoms with Crippen LogP contribution in [0.3, 0.4) is 0 Å². The van der Waals surface area contributed by atoms with Crippen LogP contribution < -0.4 is 4.90 Å². The number of carbonyl (C=O) groups is 2. The monoisotopic (exact) mass is 518 g/mol. The van der Waals surface area contributed by atoms with Crippen molar-refractivity contribution in [2.24, 2.45) is 11.8 Å². The van der Waals surface area contributed by atoms with Crippen LogP contribution in [-0.2, 0) is 30.8 Å². The van der Waals surface area contributed by atoms with Crippen LogP contribution in [0.15, 0.2) is 48.5 Å². The van der Waals surface area contributed by atoms with Crippen LogP contribution in [0.25, 0.3) is 0 Å². The van der Waals surface area contributed by atoms with E-state index in [4.69, 9.17) is 14.2 Å². The van der Waals surface area contributed by atoms with E-state index in [1.54, 1.807) is 19.1 Å². The van der Waals surface area contributed by atoms with Gasteiger partial charge in [-0.1, -0.05) is 12.1 Å². The van der Waals surface area contributed by atoms with Gasteiger partial charge in [0.25, 0.3) is 5.91 Å². The third-order valence-corrected chi connectivity index (χ3v) is 7.43. The quantitative estimate of drug-likeness (QED) is 0.521. The lowest BCUT2D eigenvalue weighted by Crippen LogP contribution is -2.50. The second kappa shape index (κ2) is 9.98. The van der Waals surface area contributed by atoms with Gasteiger partial charge in [-0.05, 0) is 48.9 Å². The Labute approximate surface area is 213 Å². The van der Waals surface area contributed by atoms with Gasteiger partial charge in [-0.3, -0.25) is 4.79 Å². The molecule has 0 bridgehead atoms. The molecule has 7 nitrogen and oxygen atoms in total. The summed E-state index contributed by atoms with van der Waals surface area (Å²) in [6.07, 6.45) is -4.35. The van der Waals surface area contributed by atoms with Gasteiger partial charge in [0, 0.05) is 49.3 Å². The molecule has 3 aliphatic heterocycles. The Hall–Kier alpha value is -3.11. The first kappa shape index (κ1) is 25.5. The highest BCUT2D eigenvalue weighted by atomic mass is 19.4. The summed E-state index contributed by atoms with van der Waals surface area (Å²) in [6.45, 7) is 5.14. The Morgan fingerprint density at radius 1 is 0.973 bits per heavy atom. The molecule has 0 spiro atoms. The summed E-state index contributed by atoms with van der Waals surface area (Å²) in [5.74, 6) is 0.0693.